The maximum atomic E-state index is 13.1. The molecule has 0 aliphatic rings. The molecule has 0 saturated carbocycles. The zero-order valence-electron chi connectivity index (χ0n) is 20.3. The van der Waals surface area contributed by atoms with E-state index in [1.54, 1.807) is 21.0 Å². The molecule has 0 fully saturated rings. The summed E-state index contributed by atoms with van der Waals surface area (Å²) < 4.78 is 1.28. The standard InChI is InChI=1S/C24H29N5O3S/c1-12-9-13(2)20(14(3)10-12)26-18(30)11-28(7)24(32)21-17(6)25-22(33-21)19-15(4)16(5)27-29(8)23(19)31/h9-10H,11H2,1-8H3,(H,26,30). The lowest BCUT2D eigenvalue weighted by molar-refractivity contribution is -0.116. The van der Waals surface area contributed by atoms with Crippen LogP contribution in [0.15, 0.2) is 16.9 Å². The molecular formula is C24H29N5O3S. The Morgan fingerprint density at radius 3 is 2.27 bits per heavy atom. The molecule has 0 saturated heterocycles. The Morgan fingerprint density at radius 1 is 1.06 bits per heavy atom. The van der Waals surface area contributed by atoms with Crippen LogP contribution in [0.5, 0.6) is 0 Å². The van der Waals surface area contributed by atoms with Crippen LogP contribution < -0.4 is 10.9 Å². The molecular weight excluding hydrogens is 438 g/mol. The zero-order chi connectivity index (χ0) is 24.6. The first-order valence-electron chi connectivity index (χ1n) is 10.6. The van der Waals surface area contributed by atoms with Gasteiger partial charge in [-0.15, -0.1) is 11.3 Å². The molecule has 0 radical (unpaired) electrons. The topological polar surface area (TPSA) is 97.2 Å². The lowest BCUT2D eigenvalue weighted by atomic mass is 10.1. The summed E-state index contributed by atoms with van der Waals surface area (Å²) in [6.07, 6.45) is 0. The average molecular weight is 468 g/mol. The summed E-state index contributed by atoms with van der Waals surface area (Å²) in [5.41, 5.74) is 6.01. The van der Waals surface area contributed by atoms with Crippen molar-refractivity contribution in [2.45, 2.75) is 41.5 Å². The predicted molar refractivity (Wildman–Crippen MR) is 131 cm³/mol. The van der Waals surface area contributed by atoms with Crippen molar-refractivity contribution in [2.24, 2.45) is 7.05 Å². The van der Waals surface area contributed by atoms with Crippen molar-refractivity contribution in [2.75, 3.05) is 18.9 Å². The largest absolute Gasteiger partial charge is 0.332 e. The fraction of sp³-hybridized carbons (Fsp3) is 0.375. The van der Waals surface area contributed by atoms with Crippen LogP contribution in [0.3, 0.4) is 0 Å². The minimum absolute atomic E-state index is 0.104. The van der Waals surface area contributed by atoms with Crippen LogP contribution in [0.4, 0.5) is 5.69 Å². The molecule has 3 rings (SSSR count). The van der Waals surface area contributed by atoms with E-state index in [1.165, 1.54) is 9.58 Å². The number of amides is 2. The van der Waals surface area contributed by atoms with Gasteiger partial charge in [0.1, 0.15) is 9.88 Å². The lowest BCUT2D eigenvalue weighted by Crippen LogP contribution is -2.35. The van der Waals surface area contributed by atoms with E-state index in [9.17, 15) is 14.4 Å². The van der Waals surface area contributed by atoms with Crippen molar-refractivity contribution in [1.29, 1.82) is 0 Å². The molecule has 0 unspecified atom stereocenters. The zero-order valence-corrected chi connectivity index (χ0v) is 21.1. The Kier molecular flexibility index (Phi) is 6.83. The van der Waals surface area contributed by atoms with Crippen LogP contribution in [0.2, 0.25) is 0 Å². The van der Waals surface area contributed by atoms with Crippen LogP contribution in [0.25, 0.3) is 10.6 Å². The number of likely N-dealkylation sites (N-methyl/N-ethyl adjacent to an activating group) is 1. The van der Waals surface area contributed by atoms with Gasteiger partial charge in [-0.25, -0.2) is 9.67 Å². The van der Waals surface area contributed by atoms with Crippen molar-refractivity contribution in [3.05, 3.63) is 61.0 Å². The van der Waals surface area contributed by atoms with Crippen molar-refractivity contribution < 1.29 is 9.59 Å². The highest BCUT2D eigenvalue weighted by Gasteiger charge is 2.24. The summed E-state index contributed by atoms with van der Waals surface area (Å²) in [5.74, 6) is -0.596. The van der Waals surface area contributed by atoms with Gasteiger partial charge in [-0.3, -0.25) is 14.4 Å². The predicted octanol–water partition coefficient (Wildman–Crippen LogP) is 3.47. The van der Waals surface area contributed by atoms with Gasteiger partial charge in [0.2, 0.25) is 5.91 Å². The Labute approximate surface area is 197 Å². The average Bonchev–Trinajstić information content (AvgIpc) is 3.09. The number of thiazole rings is 1. The Bertz CT molecular complexity index is 1300. The molecule has 2 heterocycles. The number of aryl methyl sites for hydroxylation is 6. The number of benzene rings is 1. The Hall–Kier alpha value is -3.33. The first kappa shape index (κ1) is 24.3. The van der Waals surface area contributed by atoms with Crippen LogP contribution >= 0.6 is 11.3 Å². The fourth-order valence-electron chi connectivity index (χ4n) is 3.82. The van der Waals surface area contributed by atoms with Crippen LogP contribution in [-0.4, -0.2) is 45.1 Å². The molecule has 0 bridgehead atoms. The number of rotatable bonds is 5. The van der Waals surface area contributed by atoms with Crippen molar-refractivity contribution in [3.8, 4) is 10.6 Å². The van der Waals surface area contributed by atoms with E-state index in [2.05, 4.69) is 15.4 Å². The van der Waals surface area contributed by atoms with Gasteiger partial charge in [-0.1, -0.05) is 17.7 Å². The van der Waals surface area contributed by atoms with Gasteiger partial charge in [0.15, 0.2) is 0 Å². The highest BCUT2D eigenvalue weighted by Crippen LogP contribution is 2.29. The third-order valence-corrected chi connectivity index (χ3v) is 6.76. The minimum atomic E-state index is -0.316. The van der Waals surface area contributed by atoms with Gasteiger partial charge < -0.3 is 10.2 Å². The highest BCUT2D eigenvalue weighted by atomic mass is 32.1. The van der Waals surface area contributed by atoms with E-state index in [0.717, 1.165) is 45.0 Å². The van der Waals surface area contributed by atoms with Gasteiger partial charge >= 0.3 is 0 Å². The number of hydrogen-bond acceptors (Lipinski definition) is 6. The molecule has 1 aromatic carbocycles. The second-order valence-electron chi connectivity index (χ2n) is 8.43. The van der Waals surface area contributed by atoms with E-state index in [4.69, 9.17) is 0 Å². The number of nitrogens with zero attached hydrogens (tertiary/aromatic N) is 4. The van der Waals surface area contributed by atoms with Gasteiger partial charge in [-0.05, 0) is 58.2 Å². The summed E-state index contributed by atoms with van der Waals surface area (Å²) in [7, 11) is 3.17. The normalized spacial score (nSPS) is 10.9. The lowest BCUT2D eigenvalue weighted by Gasteiger charge is -2.18. The molecule has 3 aromatic rings. The smallest absolute Gasteiger partial charge is 0.277 e. The third-order valence-electron chi connectivity index (χ3n) is 5.60. The van der Waals surface area contributed by atoms with E-state index < -0.39 is 0 Å². The number of hydrogen-bond donors (Lipinski definition) is 1. The molecule has 9 heteroatoms. The van der Waals surface area contributed by atoms with E-state index >= 15 is 0 Å². The molecule has 8 nitrogen and oxygen atoms in total. The van der Waals surface area contributed by atoms with Gasteiger partial charge in [-0.2, -0.15) is 5.10 Å². The Morgan fingerprint density at radius 2 is 1.67 bits per heavy atom. The van der Waals surface area contributed by atoms with E-state index in [1.807, 2.05) is 46.8 Å². The number of nitrogens with one attached hydrogen (secondary N) is 1. The SMILES string of the molecule is Cc1cc(C)c(NC(=O)CN(C)C(=O)c2sc(-c3c(C)c(C)nn(C)c3=O)nc2C)c(C)c1. The number of anilines is 1. The molecule has 0 aliphatic heterocycles. The van der Waals surface area contributed by atoms with Crippen LogP contribution in [-0.2, 0) is 11.8 Å². The summed E-state index contributed by atoms with van der Waals surface area (Å²) in [5, 5.41) is 7.59. The van der Waals surface area contributed by atoms with E-state index in [-0.39, 0.29) is 23.9 Å². The molecule has 174 valence electrons. The Balaban J connectivity index is 1.82. The highest BCUT2D eigenvalue weighted by molar-refractivity contribution is 7.17. The second kappa shape index (κ2) is 9.27. The molecule has 0 spiro atoms. The maximum absolute atomic E-state index is 13.1. The van der Waals surface area contributed by atoms with Gasteiger partial charge in [0.25, 0.3) is 11.5 Å². The minimum Gasteiger partial charge on any atom is -0.332 e. The number of carbonyl (C=O) groups excluding carboxylic acids is 2. The number of carbonyl (C=O) groups is 2. The molecule has 0 atom stereocenters. The van der Waals surface area contributed by atoms with Crippen molar-refractivity contribution in [3.63, 3.8) is 0 Å². The molecule has 1 N–H and O–H groups in total. The summed E-state index contributed by atoms with van der Waals surface area (Å²) in [6.45, 7) is 11.2. The first-order valence-corrected chi connectivity index (χ1v) is 11.4. The molecule has 0 aliphatic carbocycles. The van der Waals surface area contributed by atoms with Crippen molar-refractivity contribution >= 4 is 28.8 Å². The number of aromatic nitrogens is 3. The molecule has 2 aromatic heterocycles. The summed E-state index contributed by atoms with van der Waals surface area (Å²) >= 11 is 1.16. The summed E-state index contributed by atoms with van der Waals surface area (Å²) in [6, 6.07) is 4.01. The maximum Gasteiger partial charge on any atom is 0.277 e. The third kappa shape index (κ3) is 4.88. The van der Waals surface area contributed by atoms with E-state index in [0.29, 0.717) is 21.1 Å². The second-order valence-corrected chi connectivity index (χ2v) is 9.43. The summed E-state index contributed by atoms with van der Waals surface area (Å²) in [4.78, 5) is 44.7. The fourth-order valence-corrected chi connectivity index (χ4v) is 4.97. The van der Waals surface area contributed by atoms with Crippen LogP contribution in [0.1, 0.15) is 43.3 Å². The van der Waals surface area contributed by atoms with Crippen molar-refractivity contribution in [1.82, 2.24) is 19.7 Å². The first-order chi connectivity index (χ1) is 15.4. The van der Waals surface area contributed by atoms with Crippen LogP contribution in [0, 0.1) is 41.5 Å². The molecule has 2 amide bonds. The monoisotopic (exact) mass is 467 g/mol. The molecule has 33 heavy (non-hydrogen) atoms. The van der Waals surface area contributed by atoms with Gasteiger partial charge in [0, 0.05) is 19.8 Å². The van der Waals surface area contributed by atoms with Gasteiger partial charge in [0.05, 0.1) is 23.5 Å². The quantitative estimate of drug-likeness (QED) is 0.620.